The minimum absolute atomic E-state index is 0.141. The molecular formula is C11H9N5O2S. The molecular weight excluding hydrogens is 266 g/mol. The first-order valence-electron chi connectivity index (χ1n) is 5.29. The van der Waals surface area contributed by atoms with Gasteiger partial charge in [0, 0.05) is 17.1 Å². The summed E-state index contributed by atoms with van der Waals surface area (Å²) in [6, 6.07) is 3.08. The van der Waals surface area contributed by atoms with Crippen LogP contribution in [-0.4, -0.2) is 14.9 Å². The number of nitrogens with zero attached hydrogens (tertiary/aromatic N) is 4. The van der Waals surface area contributed by atoms with E-state index in [1.54, 1.807) is 0 Å². The van der Waals surface area contributed by atoms with E-state index in [0.717, 1.165) is 16.9 Å². The Hall–Kier alpha value is -2.53. The van der Waals surface area contributed by atoms with Gasteiger partial charge in [0.2, 0.25) is 0 Å². The van der Waals surface area contributed by atoms with Crippen LogP contribution in [0.4, 0.5) is 11.5 Å². The quantitative estimate of drug-likeness (QED) is 0.677. The maximum atomic E-state index is 10.6. The summed E-state index contributed by atoms with van der Waals surface area (Å²) in [7, 11) is 0. The maximum absolute atomic E-state index is 10.6. The molecule has 0 amide bonds. The Morgan fingerprint density at radius 1 is 1.63 bits per heavy atom. The van der Waals surface area contributed by atoms with Crippen molar-refractivity contribution in [2.45, 2.75) is 13.5 Å². The fourth-order valence-electron chi connectivity index (χ4n) is 1.42. The maximum Gasteiger partial charge on any atom is 0.289 e. The Morgan fingerprint density at radius 2 is 2.42 bits per heavy atom. The van der Waals surface area contributed by atoms with E-state index < -0.39 is 4.92 Å². The van der Waals surface area contributed by atoms with E-state index in [1.807, 2.05) is 18.4 Å². The molecule has 0 radical (unpaired) electrons. The zero-order valence-corrected chi connectivity index (χ0v) is 10.8. The van der Waals surface area contributed by atoms with Crippen molar-refractivity contribution in [2.24, 2.45) is 0 Å². The lowest BCUT2D eigenvalue weighted by Gasteiger charge is -2.04. The highest BCUT2D eigenvalue weighted by Crippen LogP contribution is 2.19. The largest absolute Gasteiger partial charge is 0.362 e. The second kappa shape index (κ2) is 5.41. The summed E-state index contributed by atoms with van der Waals surface area (Å²) in [5, 5.41) is 25.3. The number of nitriles is 1. The van der Waals surface area contributed by atoms with Crippen molar-refractivity contribution in [3.63, 3.8) is 0 Å². The first-order valence-corrected chi connectivity index (χ1v) is 6.17. The number of hydrogen-bond donors (Lipinski definition) is 1. The second-order valence-electron chi connectivity index (χ2n) is 3.69. The van der Waals surface area contributed by atoms with Crippen molar-refractivity contribution in [3.05, 3.63) is 44.0 Å². The van der Waals surface area contributed by atoms with Gasteiger partial charge in [-0.15, -0.1) is 11.3 Å². The molecule has 0 aliphatic carbocycles. The van der Waals surface area contributed by atoms with Crippen LogP contribution in [0.1, 0.15) is 16.3 Å². The van der Waals surface area contributed by atoms with Gasteiger partial charge in [-0.3, -0.25) is 10.1 Å². The molecule has 0 unspecified atom stereocenters. The van der Waals surface area contributed by atoms with Crippen LogP contribution in [0.25, 0.3) is 0 Å². The number of aromatic nitrogens is 2. The number of nitro groups is 1. The number of hydrogen-bond acceptors (Lipinski definition) is 7. The number of thiazole rings is 1. The molecule has 19 heavy (non-hydrogen) atoms. The molecule has 0 aromatic carbocycles. The summed E-state index contributed by atoms with van der Waals surface area (Å²) in [5.41, 5.74) is 0.869. The van der Waals surface area contributed by atoms with E-state index in [4.69, 9.17) is 5.26 Å². The zero-order valence-electron chi connectivity index (χ0n) is 9.95. The van der Waals surface area contributed by atoms with E-state index in [-0.39, 0.29) is 11.3 Å². The molecule has 2 heterocycles. The van der Waals surface area contributed by atoms with Gasteiger partial charge in [0.1, 0.15) is 28.7 Å². The van der Waals surface area contributed by atoms with E-state index in [0.29, 0.717) is 12.4 Å². The third-order valence-electron chi connectivity index (χ3n) is 2.28. The molecule has 0 atom stereocenters. The molecule has 2 aromatic rings. The van der Waals surface area contributed by atoms with Gasteiger partial charge in [-0.25, -0.2) is 9.97 Å². The molecule has 0 bridgehead atoms. The Morgan fingerprint density at radius 3 is 3.00 bits per heavy atom. The van der Waals surface area contributed by atoms with E-state index >= 15 is 0 Å². The molecule has 0 saturated carbocycles. The van der Waals surface area contributed by atoms with Gasteiger partial charge in [0.15, 0.2) is 0 Å². The highest BCUT2D eigenvalue weighted by atomic mass is 32.1. The standard InChI is InChI=1S/C11H9N5O2S/c1-7-6-19-10(15-7)5-14-11-8(3-12)2-9(4-13-11)16(17)18/h2,4,6H,5H2,1H3,(H,13,14). The predicted molar refractivity (Wildman–Crippen MR) is 69.8 cm³/mol. The lowest BCUT2D eigenvalue weighted by Crippen LogP contribution is -2.04. The molecule has 0 saturated heterocycles. The minimum atomic E-state index is -0.582. The number of anilines is 1. The van der Waals surface area contributed by atoms with Gasteiger partial charge in [-0.2, -0.15) is 5.26 Å². The van der Waals surface area contributed by atoms with Crippen LogP contribution in [0.5, 0.6) is 0 Å². The van der Waals surface area contributed by atoms with Crippen molar-refractivity contribution < 1.29 is 4.92 Å². The van der Waals surface area contributed by atoms with E-state index in [2.05, 4.69) is 15.3 Å². The highest BCUT2D eigenvalue weighted by molar-refractivity contribution is 7.09. The average molecular weight is 275 g/mol. The molecule has 96 valence electrons. The van der Waals surface area contributed by atoms with Crippen molar-refractivity contribution in [1.29, 1.82) is 5.26 Å². The predicted octanol–water partition coefficient (Wildman–Crippen LogP) is 2.24. The fourth-order valence-corrected chi connectivity index (χ4v) is 2.13. The second-order valence-corrected chi connectivity index (χ2v) is 4.64. The third kappa shape index (κ3) is 3.02. The Bertz CT molecular complexity index is 661. The van der Waals surface area contributed by atoms with Crippen LogP contribution in [0, 0.1) is 28.4 Å². The lowest BCUT2D eigenvalue weighted by atomic mass is 10.2. The monoisotopic (exact) mass is 275 g/mol. The molecule has 0 fully saturated rings. The summed E-state index contributed by atoms with van der Waals surface area (Å²) in [4.78, 5) is 18.2. The van der Waals surface area contributed by atoms with Crippen LogP contribution in [-0.2, 0) is 6.54 Å². The molecule has 1 N–H and O–H groups in total. The van der Waals surface area contributed by atoms with Crippen LogP contribution < -0.4 is 5.32 Å². The van der Waals surface area contributed by atoms with Crippen LogP contribution in [0.2, 0.25) is 0 Å². The summed E-state index contributed by atoms with van der Waals surface area (Å²) >= 11 is 1.50. The summed E-state index contributed by atoms with van der Waals surface area (Å²) < 4.78 is 0. The SMILES string of the molecule is Cc1csc(CNc2ncc([N+](=O)[O-])cc2C#N)n1. The van der Waals surface area contributed by atoms with Crippen molar-refractivity contribution in [3.8, 4) is 6.07 Å². The zero-order chi connectivity index (χ0) is 13.8. The van der Waals surface area contributed by atoms with Crippen molar-refractivity contribution in [2.75, 3.05) is 5.32 Å². The number of nitrogens with one attached hydrogen (secondary N) is 1. The fraction of sp³-hybridized carbons (Fsp3) is 0.182. The topological polar surface area (TPSA) is 105 Å². The third-order valence-corrected chi connectivity index (χ3v) is 3.24. The Labute approximate surface area is 112 Å². The van der Waals surface area contributed by atoms with Gasteiger partial charge in [-0.05, 0) is 6.92 Å². The van der Waals surface area contributed by atoms with Gasteiger partial charge >= 0.3 is 0 Å². The smallest absolute Gasteiger partial charge is 0.289 e. The van der Waals surface area contributed by atoms with Gasteiger partial charge in [-0.1, -0.05) is 0 Å². The first-order chi connectivity index (χ1) is 9.10. The first kappa shape index (κ1) is 12.9. The van der Waals surface area contributed by atoms with Crippen LogP contribution in [0.3, 0.4) is 0 Å². The highest BCUT2D eigenvalue weighted by Gasteiger charge is 2.12. The van der Waals surface area contributed by atoms with Crippen LogP contribution >= 0.6 is 11.3 Å². The molecule has 0 aliphatic rings. The Balaban J connectivity index is 2.16. The van der Waals surface area contributed by atoms with E-state index in [1.165, 1.54) is 17.4 Å². The van der Waals surface area contributed by atoms with Crippen molar-refractivity contribution >= 4 is 22.8 Å². The van der Waals surface area contributed by atoms with E-state index in [9.17, 15) is 10.1 Å². The number of aryl methyl sites for hydroxylation is 1. The summed E-state index contributed by atoms with van der Waals surface area (Å²) in [6.45, 7) is 2.32. The minimum Gasteiger partial charge on any atom is -0.362 e. The molecule has 0 aliphatic heterocycles. The lowest BCUT2D eigenvalue weighted by molar-refractivity contribution is -0.385. The molecule has 7 nitrogen and oxygen atoms in total. The van der Waals surface area contributed by atoms with Crippen LogP contribution in [0.15, 0.2) is 17.6 Å². The molecule has 0 spiro atoms. The van der Waals surface area contributed by atoms with Gasteiger partial charge in [0.25, 0.3) is 5.69 Å². The summed E-state index contributed by atoms with van der Waals surface area (Å²) in [6.07, 6.45) is 1.12. The summed E-state index contributed by atoms with van der Waals surface area (Å²) in [5.74, 6) is 0.320. The Kier molecular flexibility index (Phi) is 3.68. The average Bonchev–Trinajstić information content (AvgIpc) is 2.81. The number of rotatable bonds is 4. The molecule has 2 aromatic heterocycles. The molecule has 2 rings (SSSR count). The van der Waals surface area contributed by atoms with Crippen molar-refractivity contribution in [1.82, 2.24) is 9.97 Å². The molecule has 8 heteroatoms. The van der Waals surface area contributed by atoms with Gasteiger partial charge in [0.05, 0.1) is 11.5 Å². The normalized spacial score (nSPS) is 9.89. The number of pyridine rings is 1. The van der Waals surface area contributed by atoms with Gasteiger partial charge < -0.3 is 5.32 Å².